The highest BCUT2D eigenvalue weighted by molar-refractivity contribution is 6.30. The number of benzene rings is 1. The highest BCUT2D eigenvalue weighted by Gasteiger charge is 2.30. The fourth-order valence-electron chi connectivity index (χ4n) is 2.76. The Kier molecular flexibility index (Phi) is 4.82. The van der Waals surface area contributed by atoms with Crippen LogP contribution in [0.1, 0.15) is 31.7 Å². The van der Waals surface area contributed by atoms with Crippen molar-refractivity contribution in [3.63, 3.8) is 0 Å². The molecule has 1 saturated heterocycles. The molecule has 1 heterocycles. The van der Waals surface area contributed by atoms with E-state index in [0.29, 0.717) is 23.4 Å². The van der Waals surface area contributed by atoms with Gasteiger partial charge in [0.2, 0.25) is 0 Å². The molecular weight excluding hydrogens is 265 g/mol. The van der Waals surface area contributed by atoms with E-state index in [0.717, 1.165) is 32.5 Å². The molecule has 1 aromatic rings. The zero-order valence-corrected chi connectivity index (χ0v) is 12.1. The van der Waals surface area contributed by atoms with Crippen molar-refractivity contribution in [1.29, 1.82) is 0 Å². The van der Waals surface area contributed by atoms with Crippen LogP contribution in [0.4, 0.5) is 4.39 Å². The molecule has 0 amide bonds. The summed E-state index contributed by atoms with van der Waals surface area (Å²) in [4.78, 5) is 2.33. The second-order valence-electron chi connectivity index (χ2n) is 5.42. The van der Waals surface area contributed by atoms with E-state index in [1.807, 2.05) is 0 Å². The molecule has 0 spiro atoms. The monoisotopic (exact) mass is 285 g/mol. The van der Waals surface area contributed by atoms with E-state index < -0.39 is 5.60 Å². The Hall–Kier alpha value is -0.640. The summed E-state index contributed by atoms with van der Waals surface area (Å²) < 4.78 is 13.8. The van der Waals surface area contributed by atoms with E-state index in [-0.39, 0.29) is 5.82 Å². The first kappa shape index (κ1) is 14.8. The smallest absolute Gasteiger partial charge is 0.126 e. The summed E-state index contributed by atoms with van der Waals surface area (Å²) in [5.41, 5.74) is -0.296. The highest BCUT2D eigenvalue weighted by atomic mass is 35.5. The zero-order valence-electron chi connectivity index (χ0n) is 11.3. The van der Waals surface area contributed by atoms with Gasteiger partial charge in [0.25, 0.3) is 0 Å². The maximum atomic E-state index is 13.8. The van der Waals surface area contributed by atoms with Crippen LogP contribution in [-0.2, 0) is 6.42 Å². The molecule has 1 aromatic carbocycles. The van der Waals surface area contributed by atoms with Gasteiger partial charge >= 0.3 is 0 Å². The first-order chi connectivity index (χ1) is 9.02. The Morgan fingerprint density at radius 2 is 2.16 bits per heavy atom. The molecule has 0 bridgehead atoms. The van der Waals surface area contributed by atoms with E-state index in [1.54, 1.807) is 6.07 Å². The predicted octanol–water partition coefficient (Wildman–Crippen LogP) is 3.26. The van der Waals surface area contributed by atoms with Crippen LogP contribution in [0.25, 0.3) is 0 Å². The van der Waals surface area contributed by atoms with Gasteiger partial charge in [0.15, 0.2) is 0 Å². The van der Waals surface area contributed by atoms with Gasteiger partial charge in [-0.2, -0.15) is 0 Å². The van der Waals surface area contributed by atoms with Gasteiger partial charge in [-0.1, -0.05) is 18.5 Å². The van der Waals surface area contributed by atoms with Crippen LogP contribution < -0.4 is 0 Å². The van der Waals surface area contributed by atoms with E-state index in [1.165, 1.54) is 12.1 Å². The molecule has 0 saturated carbocycles. The molecule has 2 nitrogen and oxygen atoms in total. The van der Waals surface area contributed by atoms with Gasteiger partial charge in [-0.3, -0.25) is 0 Å². The molecule has 19 heavy (non-hydrogen) atoms. The van der Waals surface area contributed by atoms with Crippen LogP contribution in [0.15, 0.2) is 18.2 Å². The Morgan fingerprint density at radius 1 is 1.37 bits per heavy atom. The van der Waals surface area contributed by atoms with Gasteiger partial charge in [-0.25, -0.2) is 4.39 Å². The molecule has 1 aliphatic heterocycles. The minimum Gasteiger partial charge on any atom is -0.389 e. The quantitative estimate of drug-likeness (QED) is 0.921. The fourth-order valence-corrected chi connectivity index (χ4v) is 2.96. The number of hydrogen-bond donors (Lipinski definition) is 1. The molecule has 2 rings (SSSR count). The van der Waals surface area contributed by atoms with Crippen molar-refractivity contribution in [2.24, 2.45) is 0 Å². The first-order valence-corrected chi connectivity index (χ1v) is 7.29. The van der Waals surface area contributed by atoms with Crippen molar-refractivity contribution in [3.05, 3.63) is 34.6 Å². The topological polar surface area (TPSA) is 23.5 Å². The van der Waals surface area contributed by atoms with E-state index in [2.05, 4.69) is 11.8 Å². The Bertz CT molecular complexity index is 440. The third-order valence-corrected chi connectivity index (χ3v) is 4.22. The third-order valence-electron chi connectivity index (χ3n) is 3.98. The lowest BCUT2D eigenvalue weighted by Crippen LogP contribution is -2.33. The van der Waals surface area contributed by atoms with Crippen LogP contribution in [-0.4, -0.2) is 35.2 Å². The summed E-state index contributed by atoms with van der Waals surface area (Å²) in [5.74, 6) is -0.283. The molecular formula is C15H21ClFNO. The third kappa shape index (κ3) is 3.91. The van der Waals surface area contributed by atoms with Gasteiger partial charge in [-0.05, 0) is 56.1 Å². The van der Waals surface area contributed by atoms with Crippen molar-refractivity contribution in [2.75, 3.05) is 19.6 Å². The van der Waals surface area contributed by atoms with Crippen molar-refractivity contribution in [2.45, 2.75) is 38.2 Å². The van der Waals surface area contributed by atoms with Crippen molar-refractivity contribution in [3.8, 4) is 0 Å². The fraction of sp³-hybridized carbons (Fsp3) is 0.600. The number of rotatable bonds is 3. The van der Waals surface area contributed by atoms with Crippen molar-refractivity contribution in [1.82, 2.24) is 4.90 Å². The summed E-state index contributed by atoms with van der Waals surface area (Å²) in [5, 5.41) is 11.2. The first-order valence-electron chi connectivity index (χ1n) is 6.91. The lowest BCUT2D eigenvalue weighted by Gasteiger charge is -2.27. The van der Waals surface area contributed by atoms with Crippen LogP contribution in [0.5, 0.6) is 0 Å². The number of aliphatic hydroxyl groups is 1. The minimum atomic E-state index is -0.810. The van der Waals surface area contributed by atoms with Gasteiger partial charge < -0.3 is 10.0 Å². The number of likely N-dealkylation sites (tertiary alicyclic amines) is 1. The van der Waals surface area contributed by atoms with Gasteiger partial charge in [0, 0.05) is 18.0 Å². The largest absolute Gasteiger partial charge is 0.389 e. The second-order valence-corrected chi connectivity index (χ2v) is 5.86. The number of nitrogens with zero attached hydrogens (tertiary/aromatic N) is 1. The molecule has 1 N–H and O–H groups in total. The molecule has 1 atom stereocenters. The van der Waals surface area contributed by atoms with Crippen LogP contribution in [0.2, 0.25) is 5.02 Å². The molecule has 1 aliphatic rings. The zero-order chi connectivity index (χ0) is 13.9. The Labute approximate surface area is 119 Å². The molecule has 4 heteroatoms. The van der Waals surface area contributed by atoms with E-state index in [9.17, 15) is 9.50 Å². The lowest BCUT2D eigenvalue weighted by atomic mass is 9.87. The number of halogens is 2. The average Bonchev–Trinajstić information content (AvgIpc) is 2.56. The second kappa shape index (κ2) is 6.21. The van der Waals surface area contributed by atoms with E-state index >= 15 is 0 Å². The summed E-state index contributed by atoms with van der Waals surface area (Å²) >= 11 is 5.90. The molecule has 106 valence electrons. The molecule has 0 aromatic heterocycles. The Balaban J connectivity index is 2.10. The maximum absolute atomic E-state index is 13.8. The van der Waals surface area contributed by atoms with Crippen molar-refractivity contribution >= 4 is 11.6 Å². The summed E-state index contributed by atoms with van der Waals surface area (Å²) in [6.07, 6.45) is 2.70. The van der Waals surface area contributed by atoms with E-state index in [4.69, 9.17) is 11.6 Å². The van der Waals surface area contributed by atoms with Crippen LogP contribution in [0, 0.1) is 5.82 Å². The molecule has 1 fully saturated rings. The summed E-state index contributed by atoms with van der Waals surface area (Å²) in [6, 6.07) is 4.53. The maximum Gasteiger partial charge on any atom is 0.126 e. The Morgan fingerprint density at radius 3 is 2.89 bits per heavy atom. The summed E-state index contributed by atoms with van der Waals surface area (Å²) in [7, 11) is 0. The van der Waals surface area contributed by atoms with Crippen molar-refractivity contribution < 1.29 is 9.50 Å². The van der Waals surface area contributed by atoms with Gasteiger partial charge in [-0.15, -0.1) is 0 Å². The van der Waals surface area contributed by atoms with Gasteiger partial charge in [0.05, 0.1) is 5.60 Å². The molecule has 0 aliphatic carbocycles. The SMILES string of the molecule is CCN1CCCC(O)(Cc2cc(Cl)ccc2F)CC1. The molecule has 1 unspecified atom stereocenters. The predicted molar refractivity (Wildman–Crippen MR) is 76.0 cm³/mol. The normalized spacial score (nSPS) is 25.3. The highest BCUT2D eigenvalue weighted by Crippen LogP contribution is 2.28. The average molecular weight is 286 g/mol. The standard InChI is InChI=1S/C15H21ClFNO/c1-2-18-8-3-6-15(19,7-9-18)11-12-10-13(16)4-5-14(12)17/h4-5,10,19H,2-3,6-9,11H2,1H3. The summed E-state index contributed by atoms with van der Waals surface area (Å²) in [6.45, 7) is 5.01. The van der Waals surface area contributed by atoms with Crippen LogP contribution >= 0.6 is 11.6 Å². The lowest BCUT2D eigenvalue weighted by molar-refractivity contribution is 0.0251. The molecule has 0 radical (unpaired) electrons. The number of hydrogen-bond acceptors (Lipinski definition) is 2. The van der Waals surface area contributed by atoms with Crippen LogP contribution in [0.3, 0.4) is 0 Å². The van der Waals surface area contributed by atoms with Gasteiger partial charge in [0.1, 0.15) is 5.82 Å². The minimum absolute atomic E-state index is 0.283.